The number of anilines is 2. The first kappa shape index (κ1) is 28.2. The SMILES string of the molecule is C=C(Cc1cc(-c2ccc(C)cc2)cc(NC(C)=O)c1O)Cc1cc(-c2ccc(C)cc2)cc(NC(C)=O)c1O. The highest BCUT2D eigenvalue weighted by molar-refractivity contribution is 5.93. The highest BCUT2D eigenvalue weighted by Gasteiger charge is 2.17. The molecule has 2 amide bonds. The molecule has 0 bridgehead atoms. The van der Waals surface area contributed by atoms with Crippen LogP contribution in [-0.4, -0.2) is 22.0 Å². The highest BCUT2D eigenvalue weighted by atomic mass is 16.3. The third kappa shape index (κ3) is 6.77. The maximum atomic E-state index is 11.8. The first-order valence-corrected chi connectivity index (χ1v) is 13.1. The van der Waals surface area contributed by atoms with E-state index in [-0.39, 0.29) is 23.3 Å². The Morgan fingerprint density at radius 2 is 0.975 bits per heavy atom. The number of amides is 2. The lowest BCUT2D eigenvalue weighted by molar-refractivity contribution is -0.115. The molecule has 0 heterocycles. The topological polar surface area (TPSA) is 98.7 Å². The van der Waals surface area contributed by atoms with Gasteiger partial charge in [0.05, 0.1) is 11.4 Å². The van der Waals surface area contributed by atoms with Gasteiger partial charge in [-0.15, -0.1) is 0 Å². The van der Waals surface area contributed by atoms with Crippen LogP contribution < -0.4 is 10.6 Å². The molecule has 4 aromatic carbocycles. The fraction of sp³-hybridized carbons (Fsp3) is 0.176. The number of aromatic hydroxyl groups is 2. The van der Waals surface area contributed by atoms with Crippen molar-refractivity contribution < 1.29 is 19.8 Å². The molecule has 0 unspecified atom stereocenters. The van der Waals surface area contributed by atoms with Crippen molar-refractivity contribution in [2.24, 2.45) is 0 Å². The molecule has 0 saturated heterocycles. The minimum absolute atomic E-state index is 0.0243. The highest BCUT2D eigenvalue weighted by Crippen LogP contribution is 2.38. The Morgan fingerprint density at radius 3 is 1.30 bits per heavy atom. The van der Waals surface area contributed by atoms with E-state index in [0.717, 1.165) is 39.0 Å². The van der Waals surface area contributed by atoms with Crippen LogP contribution in [0.2, 0.25) is 0 Å². The van der Waals surface area contributed by atoms with Crippen LogP contribution >= 0.6 is 0 Å². The van der Waals surface area contributed by atoms with Gasteiger partial charge in [-0.2, -0.15) is 0 Å². The number of phenols is 2. The number of hydrogen-bond acceptors (Lipinski definition) is 4. The average molecular weight is 535 g/mol. The molecule has 0 atom stereocenters. The lowest BCUT2D eigenvalue weighted by atomic mass is 9.93. The molecule has 0 aliphatic heterocycles. The van der Waals surface area contributed by atoms with Gasteiger partial charge >= 0.3 is 0 Å². The van der Waals surface area contributed by atoms with Crippen LogP contribution in [0.4, 0.5) is 11.4 Å². The Hall–Kier alpha value is -4.84. The Bertz CT molecular complexity index is 1470. The lowest BCUT2D eigenvalue weighted by Gasteiger charge is -2.17. The van der Waals surface area contributed by atoms with Crippen molar-refractivity contribution in [3.8, 4) is 33.8 Å². The molecule has 204 valence electrons. The summed E-state index contributed by atoms with van der Waals surface area (Å²) in [5.74, 6) is -0.624. The Morgan fingerprint density at radius 1 is 0.625 bits per heavy atom. The summed E-state index contributed by atoms with van der Waals surface area (Å²) in [5.41, 5.74) is 8.44. The van der Waals surface area contributed by atoms with E-state index < -0.39 is 0 Å². The summed E-state index contributed by atoms with van der Waals surface area (Å²) in [6.45, 7) is 11.1. The number of carbonyl (C=O) groups is 2. The number of carbonyl (C=O) groups excluding carboxylic acids is 2. The fourth-order valence-electron chi connectivity index (χ4n) is 4.66. The number of allylic oxidation sites excluding steroid dienone is 1. The molecule has 6 nitrogen and oxygen atoms in total. The van der Waals surface area contributed by atoms with Crippen molar-refractivity contribution in [2.45, 2.75) is 40.5 Å². The van der Waals surface area contributed by atoms with Crippen molar-refractivity contribution >= 4 is 23.2 Å². The summed E-state index contributed by atoms with van der Waals surface area (Å²) in [7, 11) is 0. The van der Waals surface area contributed by atoms with E-state index in [1.165, 1.54) is 13.8 Å². The number of phenolic OH excluding ortho intramolecular Hbond substituents is 2. The molecule has 4 rings (SSSR count). The summed E-state index contributed by atoms with van der Waals surface area (Å²) in [6, 6.07) is 23.3. The van der Waals surface area contributed by atoms with E-state index in [2.05, 4.69) is 17.2 Å². The van der Waals surface area contributed by atoms with Crippen LogP contribution in [0.5, 0.6) is 11.5 Å². The number of nitrogens with one attached hydrogen (secondary N) is 2. The Kier molecular flexibility index (Phi) is 8.39. The zero-order valence-electron chi connectivity index (χ0n) is 23.3. The smallest absolute Gasteiger partial charge is 0.221 e. The molecule has 0 fully saturated rings. The molecular formula is C34H34N2O4. The van der Waals surface area contributed by atoms with E-state index >= 15 is 0 Å². The van der Waals surface area contributed by atoms with Crippen molar-refractivity contribution in [1.29, 1.82) is 0 Å². The van der Waals surface area contributed by atoms with Crippen LogP contribution in [-0.2, 0) is 22.4 Å². The molecule has 4 N–H and O–H groups in total. The van der Waals surface area contributed by atoms with Gasteiger partial charge in [-0.3, -0.25) is 9.59 Å². The number of aryl methyl sites for hydroxylation is 2. The van der Waals surface area contributed by atoms with Crippen LogP contribution in [0.3, 0.4) is 0 Å². The fourth-order valence-corrected chi connectivity index (χ4v) is 4.66. The van der Waals surface area contributed by atoms with Gasteiger partial charge in [0.15, 0.2) is 0 Å². The first-order valence-electron chi connectivity index (χ1n) is 13.1. The lowest BCUT2D eigenvalue weighted by Crippen LogP contribution is -2.08. The largest absolute Gasteiger partial charge is 0.505 e. The monoisotopic (exact) mass is 534 g/mol. The van der Waals surface area contributed by atoms with Gasteiger partial charge in [0.2, 0.25) is 11.8 Å². The van der Waals surface area contributed by atoms with Crippen LogP contribution in [0.15, 0.2) is 84.9 Å². The molecule has 0 aliphatic rings. The summed E-state index contributed by atoms with van der Waals surface area (Å²) >= 11 is 0. The zero-order valence-corrected chi connectivity index (χ0v) is 23.3. The average Bonchev–Trinajstić information content (AvgIpc) is 2.89. The van der Waals surface area contributed by atoms with Crippen molar-refractivity contribution in [3.63, 3.8) is 0 Å². The molecule has 0 aliphatic carbocycles. The first-order chi connectivity index (χ1) is 19.0. The summed E-state index contributed by atoms with van der Waals surface area (Å²) < 4.78 is 0. The maximum absolute atomic E-state index is 11.8. The van der Waals surface area contributed by atoms with Crippen molar-refractivity contribution in [3.05, 3.63) is 107 Å². The van der Waals surface area contributed by atoms with Gasteiger partial charge in [0, 0.05) is 25.0 Å². The molecule has 0 saturated carbocycles. The maximum Gasteiger partial charge on any atom is 0.221 e. The quantitative estimate of drug-likeness (QED) is 0.141. The van der Waals surface area contributed by atoms with Gasteiger partial charge in [0.25, 0.3) is 0 Å². The van der Waals surface area contributed by atoms with E-state index in [1.807, 2.05) is 74.5 Å². The minimum Gasteiger partial charge on any atom is -0.505 e. The van der Waals surface area contributed by atoms with Crippen LogP contribution in [0, 0.1) is 13.8 Å². The van der Waals surface area contributed by atoms with E-state index in [4.69, 9.17) is 0 Å². The molecule has 0 radical (unpaired) electrons. The minimum atomic E-state index is -0.288. The van der Waals surface area contributed by atoms with Gasteiger partial charge in [0.1, 0.15) is 11.5 Å². The molecule has 40 heavy (non-hydrogen) atoms. The molecule has 0 spiro atoms. The standard InChI is InChI=1S/C34H34N2O4/c1-20-6-10-25(11-7-20)27-16-29(33(39)31(18-27)35-23(4)37)14-22(3)15-30-17-28(26-12-8-21(2)9-13-26)19-32(34(30)40)36-24(5)38/h6-13,16-19,39-40H,3,14-15H2,1-2,4-5H3,(H,35,37)(H,36,38). The number of benzene rings is 4. The molecule has 0 aromatic heterocycles. The zero-order chi connectivity index (χ0) is 29.0. The second-order valence-electron chi connectivity index (χ2n) is 10.3. The number of hydrogen-bond donors (Lipinski definition) is 4. The van der Waals surface area contributed by atoms with Crippen molar-refractivity contribution in [2.75, 3.05) is 10.6 Å². The third-order valence-electron chi connectivity index (χ3n) is 6.65. The van der Waals surface area contributed by atoms with Crippen molar-refractivity contribution in [1.82, 2.24) is 0 Å². The predicted octanol–water partition coefficient (Wildman–Crippen LogP) is 7.31. The second kappa shape index (κ2) is 11.9. The van der Waals surface area contributed by atoms with Gasteiger partial charge < -0.3 is 20.8 Å². The van der Waals surface area contributed by atoms with Crippen LogP contribution in [0.25, 0.3) is 22.3 Å². The van der Waals surface area contributed by atoms with Gasteiger partial charge in [-0.25, -0.2) is 0 Å². The predicted molar refractivity (Wildman–Crippen MR) is 162 cm³/mol. The normalized spacial score (nSPS) is 10.7. The second-order valence-corrected chi connectivity index (χ2v) is 10.3. The van der Waals surface area contributed by atoms with Gasteiger partial charge in [-0.05, 0) is 73.2 Å². The van der Waals surface area contributed by atoms with E-state index in [9.17, 15) is 19.8 Å². The van der Waals surface area contributed by atoms with Crippen LogP contribution in [0.1, 0.15) is 36.1 Å². The van der Waals surface area contributed by atoms with Gasteiger partial charge in [-0.1, -0.05) is 71.8 Å². The summed E-state index contributed by atoms with van der Waals surface area (Å²) in [6.07, 6.45) is 0.615. The number of rotatable bonds is 8. The Labute approximate surface area is 235 Å². The summed E-state index contributed by atoms with van der Waals surface area (Å²) in [4.78, 5) is 23.7. The molecular weight excluding hydrogens is 500 g/mol. The molecule has 4 aromatic rings. The van der Waals surface area contributed by atoms with E-state index in [1.54, 1.807) is 12.1 Å². The van der Waals surface area contributed by atoms with E-state index in [0.29, 0.717) is 35.3 Å². The Balaban J connectivity index is 1.69. The molecule has 6 heteroatoms. The summed E-state index contributed by atoms with van der Waals surface area (Å²) in [5, 5.41) is 27.5. The third-order valence-corrected chi connectivity index (χ3v) is 6.65.